The van der Waals surface area contributed by atoms with E-state index in [0.717, 1.165) is 10.8 Å². The number of hydrazone groups is 1. The van der Waals surface area contributed by atoms with E-state index >= 15 is 0 Å². The topological polar surface area (TPSA) is 59.9 Å². The fourth-order valence-corrected chi connectivity index (χ4v) is 2.88. The lowest BCUT2D eigenvalue weighted by atomic mass is 10.0. The third-order valence-corrected chi connectivity index (χ3v) is 4.20. The monoisotopic (exact) mass is 368 g/mol. The van der Waals surface area contributed by atoms with E-state index in [1.165, 1.54) is 20.4 Å². The van der Waals surface area contributed by atoms with E-state index in [2.05, 4.69) is 10.5 Å². The Balaban J connectivity index is 1.82. The van der Waals surface area contributed by atoms with Gasteiger partial charge >= 0.3 is 0 Å². The van der Waals surface area contributed by atoms with Crippen molar-refractivity contribution >= 4 is 34.5 Å². The van der Waals surface area contributed by atoms with Crippen LogP contribution in [0.4, 0.5) is 0 Å². The van der Waals surface area contributed by atoms with Gasteiger partial charge in [0.05, 0.1) is 25.5 Å². The fraction of sp³-hybridized carbons (Fsp3) is 0.100. The number of amides is 1. The first kappa shape index (κ1) is 17.8. The molecule has 0 radical (unpaired) electrons. The normalized spacial score (nSPS) is 10.9. The summed E-state index contributed by atoms with van der Waals surface area (Å²) in [5.74, 6) is 0.742. The number of hydrogen-bond donors (Lipinski definition) is 1. The van der Waals surface area contributed by atoms with Gasteiger partial charge in [-0.2, -0.15) is 5.10 Å². The second-order valence-electron chi connectivity index (χ2n) is 5.45. The summed E-state index contributed by atoms with van der Waals surface area (Å²) in [5, 5.41) is 6.31. The molecule has 26 heavy (non-hydrogen) atoms. The number of ether oxygens (including phenoxy) is 2. The molecule has 0 aliphatic heterocycles. The molecule has 0 saturated carbocycles. The summed E-state index contributed by atoms with van der Waals surface area (Å²) in [7, 11) is 3.06. The van der Waals surface area contributed by atoms with E-state index in [1.807, 2.05) is 36.4 Å². The summed E-state index contributed by atoms with van der Waals surface area (Å²) < 4.78 is 10.5. The number of halogens is 1. The smallest absolute Gasteiger partial charge is 0.271 e. The number of fused-ring (bicyclic) bond motifs is 1. The molecular weight excluding hydrogens is 352 g/mol. The van der Waals surface area contributed by atoms with Crippen LogP contribution in [0.3, 0.4) is 0 Å². The van der Waals surface area contributed by atoms with E-state index in [0.29, 0.717) is 27.6 Å². The van der Waals surface area contributed by atoms with Gasteiger partial charge in [0.25, 0.3) is 5.91 Å². The summed E-state index contributed by atoms with van der Waals surface area (Å²) in [4.78, 5) is 12.5. The lowest BCUT2D eigenvalue weighted by Gasteiger charge is -2.09. The van der Waals surface area contributed by atoms with Gasteiger partial charge < -0.3 is 9.47 Å². The third-order valence-electron chi connectivity index (χ3n) is 3.91. The van der Waals surface area contributed by atoms with Crippen molar-refractivity contribution in [3.63, 3.8) is 0 Å². The van der Waals surface area contributed by atoms with Crippen molar-refractivity contribution in [1.29, 1.82) is 0 Å². The summed E-state index contributed by atoms with van der Waals surface area (Å²) in [5.41, 5.74) is 3.72. The first-order valence-corrected chi connectivity index (χ1v) is 8.24. The second-order valence-corrected chi connectivity index (χ2v) is 5.86. The Morgan fingerprint density at radius 2 is 1.77 bits per heavy atom. The first-order chi connectivity index (χ1) is 12.6. The molecule has 1 N–H and O–H groups in total. The number of methoxy groups -OCH3 is 2. The molecule has 0 aliphatic carbocycles. The standard InChI is InChI=1S/C20H17ClN2O3/c1-25-18-11-19(26-2)17(21)10-14(18)12-22-23-20(24)16-9-5-7-13-6-3-4-8-15(13)16/h3-12H,1-2H3,(H,23,24)/b22-12-. The minimum absolute atomic E-state index is 0.295. The van der Waals surface area contributed by atoms with Crippen LogP contribution in [0.15, 0.2) is 59.7 Å². The Morgan fingerprint density at radius 3 is 2.54 bits per heavy atom. The van der Waals surface area contributed by atoms with Crippen LogP contribution in [0.5, 0.6) is 11.5 Å². The Bertz CT molecular complexity index is 981. The minimum atomic E-state index is -0.295. The quantitative estimate of drug-likeness (QED) is 0.540. The summed E-state index contributed by atoms with van der Waals surface area (Å²) in [6.45, 7) is 0. The van der Waals surface area contributed by atoms with Gasteiger partial charge in [-0.25, -0.2) is 5.43 Å². The molecule has 0 saturated heterocycles. The number of carbonyl (C=O) groups excluding carboxylic acids is 1. The Labute approximate surface area is 156 Å². The van der Waals surface area contributed by atoms with Crippen LogP contribution >= 0.6 is 11.6 Å². The van der Waals surface area contributed by atoms with Gasteiger partial charge in [-0.3, -0.25) is 4.79 Å². The van der Waals surface area contributed by atoms with Crippen LogP contribution in [0.25, 0.3) is 10.8 Å². The van der Waals surface area contributed by atoms with Crippen LogP contribution in [-0.2, 0) is 0 Å². The molecule has 3 aromatic carbocycles. The minimum Gasteiger partial charge on any atom is -0.496 e. The largest absolute Gasteiger partial charge is 0.496 e. The molecule has 0 aliphatic rings. The van der Waals surface area contributed by atoms with Gasteiger partial charge in [-0.05, 0) is 22.9 Å². The Hall–Kier alpha value is -3.05. The average molecular weight is 369 g/mol. The lowest BCUT2D eigenvalue weighted by molar-refractivity contribution is 0.0957. The molecule has 0 unspecified atom stereocenters. The van der Waals surface area contributed by atoms with E-state index in [1.54, 1.807) is 18.2 Å². The molecule has 0 heterocycles. The van der Waals surface area contributed by atoms with Gasteiger partial charge in [0.15, 0.2) is 0 Å². The van der Waals surface area contributed by atoms with Gasteiger partial charge in [0.2, 0.25) is 0 Å². The van der Waals surface area contributed by atoms with Crippen molar-refractivity contribution in [3.05, 3.63) is 70.7 Å². The van der Waals surface area contributed by atoms with Crippen LogP contribution in [-0.4, -0.2) is 26.3 Å². The molecule has 1 amide bonds. The predicted molar refractivity (Wildman–Crippen MR) is 104 cm³/mol. The fourth-order valence-electron chi connectivity index (χ4n) is 2.63. The maximum absolute atomic E-state index is 12.5. The number of nitrogens with zero attached hydrogens (tertiary/aromatic N) is 1. The van der Waals surface area contributed by atoms with Crippen molar-refractivity contribution < 1.29 is 14.3 Å². The molecule has 0 bridgehead atoms. The first-order valence-electron chi connectivity index (χ1n) is 7.86. The molecule has 5 nitrogen and oxygen atoms in total. The highest BCUT2D eigenvalue weighted by Gasteiger charge is 2.10. The van der Waals surface area contributed by atoms with Crippen LogP contribution in [0.2, 0.25) is 5.02 Å². The van der Waals surface area contributed by atoms with Gasteiger partial charge in [-0.1, -0.05) is 48.0 Å². The lowest BCUT2D eigenvalue weighted by Crippen LogP contribution is -2.18. The zero-order valence-electron chi connectivity index (χ0n) is 14.3. The zero-order valence-corrected chi connectivity index (χ0v) is 15.1. The van der Waals surface area contributed by atoms with E-state index in [4.69, 9.17) is 21.1 Å². The molecule has 132 valence electrons. The molecule has 0 aromatic heterocycles. The molecule has 3 rings (SSSR count). The molecule has 3 aromatic rings. The highest BCUT2D eigenvalue weighted by molar-refractivity contribution is 6.32. The van der Waals surface area contributed by atoms with Crippen molar-refractivity contribution in [2.45, 2.75) is 0 Å². The maximum atomic E-state index is 12.5. The second kappa shape index (κ2) is 7.89. The summed E-state index contributed by atoms with van der Waals surface area (Å²) in [6.07, 6.45) is 1.48. The highest BCUT2D eigenvalue weighted by atomic mass is 35.5. The number of carbonyl (C=O) groups is 1. The SMILES string of the molecule is COc1cc(OC)c(/C=N\NC(=O)c2cccc3ccccc23)cc1Cl. The number of rotatable bonds is 5. The van der Waals surface area contributed by atoms with Gasteiger partial charge in [0, 0.05) is 17.2 Å². The Kier molecular flexibility index (Phi) is 5.39. The van der Waals surface area contributed by atoms with Crippen molar-refractivity contribution in [1.82, 2.24) is 5.43 Å². The maximum Gasteiger partial charge on any atom is 0.271 e. The van der Waals surface area contributed by atoms with Crippen molar-refractivity contribution in [2.24, 2.45) is 5.10 Å². The average Bonchev–Trinajstić information content (AvgIpc) is 2.67. The third kappa shape index (κ3) is 3.63. The molecule has 0 atom stereocenters. The molecule has 0 fully saturated rings. The molecular formula is C20H17ClN2O3. The summed E-state index contributed by atoms with van der Waals surface area (Å²) >= 11 is 6.13. The number of hydrogen-bond acceptors (Lipinski definition) is 4. The van der Waals surface area contributed by atoms with E-state index in [9.17, 15) is 4.79 Å². The molecule has 0 spiro atoms. The summed E-state index contributed by atoms with van der Waals surface area (Å²) in [6, 6.07) is 16.6. The van der Waals surface area contributed by atoms with Crippen molar-refractivity contribution in [2.75, 3.05) is 14.2 Å². The van der Waals surface area contributed by atoms with Crippen LogP contribution < -0.4 is 14.9 Å². The predicted octanol–water partition coefficient (Wildman–Crippen LogP) is 4.27. The van der Waals surface area contributed by atoms with E-state index < -0.39 is 0 Å². The van der Waals surface area contributed by atoms with Crippen molar-refractivity contribution in [3.8, 4) is 11.5 Å². The van der Waals surface area contributed by atoms with Crippen LogP contribution in [0.1, 0.15) is 15.9 Å². The number of nitrogens with one attached hydrogen (secondary N) is 1. The Morgan fingerprint density at radius 1 is 1.04 bits per heavy atom. The molecule has 6 heteroatoms. The highest BCUT2D eigenvalue weighted by Crippen LogP contribution is 2.31. The van der Waals surface area contributed by atoms with Gasteiger partial charge in [-0.15, -0.1) is 0 Å². The van der Waals surface area contributed by atoms with E-state index in [-0.39, 0.29) is 5.91 Å². The van der Waals surface area contributed by atoms with Crippen LogP contribution in [0, 0.1) is 0 Å². The van der Waals surface area contributed by atoms with Gasteiger partial charge in [0.1, 0.15) is 11.5 Å². The zero-order chi connectivity index (χ0) is 18.5. The number of benzene rings is 3.